The molecular weight excluding hydrogens is 302 g/mol. The van der Waals surface area contributed by atoms with E-state index < -0.39 is 0 Å². The van der Waals surface area contributed by atoms with Gasteiger partial charge >= 0.3 is 0 Å². The third kappa shape index (κ3) is 2.56. The molecule has 2 heterocycles. The van der Waals surface area contributed by atoms with Crippen molar-refractivity contribution in [3.63, 3.8) is 0 Å². The highest BCUT2D eigenvalue weighted by Gasteiger charge is 2.42. The fourth-order valence-electron chi connectivity index (χ4n) is 3.85. The minimum Gasteiger partial charge on any atom is -0.465 e. The molecule has 0 saturated carbocycles. The number of fused-ring (bicyclic) bond motifs is 1. The fraction of sp³-hybridized carbons (Fsp3) is 0.400. The van der Waals surface area contributed by atoms with Crippen LogP contribution in [0.15, 0.2) is 34.7 Å². The van der Waals surface area contributed by atoms with E-state index in [1.165, 1.54) is 0 Å². The molecule has 1 aromatic heterocycles. The van der Waals surface area contributed by atoms with E-state index in [-0.39, 0.29) is 23.7 Å². The van der Waals surface area contributed by atoms with Crippen molar-refractivity contribution in [1.82, 2.24) is 0 Å². The highest BCUT2D eigenvalue weighted by Crippen LogP contribution is 2.46. The van der Waals surface area contributed by atoms with Crippen molar-refractivity contribution in [2.75, 3.05) is 4.90 Å². The van der Waals surface area contributed by atoms with Crippen LogP contribution in [0.5, 0.6) is 0 Å². The Bertz CT molecular complexity index is 790. The van der Waals surface area contributed by atoms with Crippen molar-refractivity contribution in [2.24, 2.45) is 0 Å². The summed E-state index contributed by atoms with van der Waals surface area (Å²) in [5.41, 5.74) is 2.67. The van der Waals surface area contributed by atoms with Crippen molar-refractivity contribution in [3.05, 3.63) is 53.0 Å². The molecule has 1 aliphatic heterocycles. The molecule has 1 amide bonds. The van der Waals surface area contributed by atoms with E-state index in [1.54, 1.807) is 13.8 Å². The van der Waals surface area contributed by atoms with Gasteiger partial charge in [0.05, 0.1) is 17.5 Å². The zero-order valence-corrected chi connectivity index (χ0v) is 14.6. The van der Waals surface area contributed by atoms with E-state index in [9.17, 15) is 9.59 Å². The summed E-state index contributed by atoms with van der Waals surface area (Å²) in [5.74, 6) is 1.43. The maximum atomic E-state index is 12.3. The number of hydrogen-bond donors (Lipinski definition) is 0. The lowest BCUT2D eigenvalue weighted by atomic mass is 9.89. The molecule has 1 aromatic carbocycles. The summed E-state index contributed by atoms with van der Waals surface area (Å²) in [5, 5.41) is 0. The van der Waals surface area contributed by atoms with Crippen LogP contribution >= 0.6 is 0 Å². The average molecular weight is 325 g/mol. The van der Waals surface area contributed by atoms with Crippen LogP contribution in [0.25, 0.3) is 0 Å². The number of aryl methyl sites for hydroxylation is 1. The number of hydrogen-bond acceptors (Lipinski definition) is 3. The molecular formula is C20H23NO3. The number of anilines is 1. The molecule has 0 fully saturated rings. The van der Waals surface area contributed by atoms with Crippen LogP contribution in [-0.2, 0) is 4.79 Å². The summed E-state index contributed by atoms with van der Waals surface area (Å²) in [6, 6.07) is 9.85. The summed E-state index contributed by atoms with van der Waals surface area (Å²) >= 11 is 0. The highest BCUT2D eigenvalue weighted by atomic mass is 16.3. The molecule has 24 heavy (non-hydrogen) atoms. The van der Waals surface area contributed by atoms with E-state index in [0.29, 0.717) is 11.3 Å². The smallest absolute Gasteiger partial charge is 0.224 e. The van der Waals surface area contributed by atoms with Gasteiger partial charge in [-0.05, 0) is 38.0 Å². The molecule has 0 spiro atoms. The Balaban J connectivity index is 2.15. The summed E-state index contributed by atoms with van der Waals surface area (Å²) in [6.45, 7) is 7.09. The van der Waals surface area contributed by atoms with E-state index in [2.05, 4.69) is 13.0 Å². The first-order valence-corrected chi connectivity index (χ1v) is 8.45. The molecule has 2 atom stereocenters. The van der Waals surface area contributed by atoms with Gasteiger partial charge in [0.15, 0.2) is 5.78 Å². The molecule has 0 aliphatic carbocycles. The molecule has 0 bridgehead atoms. The summed E-state index contributed by atoms with van der Waals surface area (Å²) in [4.78, 5) is 26.0. The lowest BCUT2D eigenvalue weighted by Gasteiger charge is -2.27. The van der Waals surface area contributed by atoms with Gasteiger partial charge in [-0.15, -0.1) is 0 Å². The van der Waals surface area contributed by atoms with Gasteiger partial charge in [-0.3, -0.25) is 9.59 Å². The number of carbonyl (C=O) groups is 2. The zero-order valence-electron chi connectivity index (χ0n) is 14.6. The Morgan fingerprint density at radius 3 is 2.50 bits per heavy atom. The van der Waals surface area contributed by atoms with E-state index >= 15 is 0 Å². The van der Waals surface area contributed by atoms with Crippen LogP contribution in [0.4, 0.5) is 5.69 Å². The van der Waals surface area contributed by atoms with Crippen molar-refractivity contribution < 1.29 is 14.0 Å². The fourth-order valence-corrected chi connectivity index (χ4v) is 3.85. The largest absolute Gasteiger partial charge is 0.465 e. The number of furan rings is 1. The molecule has 126 valence electrons. The Hall–Kier alpha value is -2.36. The number of para-hydroxylation sites is 1. The van der Waals surface area contributed by atoms with Gasteiger partial charge in [0.25, 0.3) is 0 Å². The quantitative estimate of drug-likeness (QED) is 0.780. The maximum absolute atomic E-state index is 12.3. The second kappa shape index (κ2) is 6.27. The summed E-state index contributed by atoms with van der Waals surface area (Å²) < 4.78 is 5.96. The Labute approximate surface area is 142 Å². The third-order valence-corrected chi connectivity index (χ3v) is 4.79. The normalized spacial score (nSPS) is 19.4. The lowest BCUT2D eigenvalue weighted by molar-refractivity contribution is -0.117. The standard InChI is InChI=1S/C20H23NO3/c1-5-8-18-20(19-11-16(12(2)22)13(3)24-19)15-9-6-7-10-17(15)21(18)14(4)23/h6-7,9-11,18,20H,5,8H2,1-4H3/t18-,20-/m0/s1. The van der Waals surface area contributed by atoms with E-state index in [0.717, 1.165) is 29.9 Å². The zero-order chi connectivity index (χ0) is 17.4. The van der Waals surface area contributed by atoms with Crippen molar-refractivity contribution in [2.45, 2.75) is 52.5 Å². The van der Waals surface area contributed by atoms with Gasteiger partial charge in [-0.2, -0.15) is 0 Å². The molecule has 2 aromatic rings. The Kier molecular flexibility index (Phi) is 4.31. The number of amides is 1. The molecule has 4 heteroatoms. The number of rotatable bonds is 4. The van der Waals surface area contributed by atoms with Crippen LogP contribution in [0.3, 0.4) is 0 Å². The van der Waals surface area contributed by atoms with Gasteiger partial charge < -0.3 is 9.32 Å². The first-order valence-electron chi connectivity index (χ1n) is 8.45. The minimum absolute atomic E-state index is 0.00393. The van der Waals surface area contributed by atoms with Crippen molar-refractivity contribution >= 4 is 17.4 Å². The minimum atomic E-state index is -0.0307. The van der Waals surface area contributed by atoms with Gasteiger partial charge in [0.2, 0.25) is 5.91 Å². The van der Waals surface area contributed by atoms with E-state index in [1.807, 2.05) is 36.1 Å². The van der Waals surface area contributed by atoms with Crippen LogP contribution in [-0.4, -0.2) is 17.7 Å². The Morgan fingerprint density at radius 2 is 1.92 bits per heavy atom. The molecule has 0 radical (unpaired) electrons. The second-order valence-corrected chi connectivity index (χ2v) is 6.46. The second-order valence-electron chi connectivity index (χ2n) is 6.46. The summed E-state index contributed by atoms with van der Waals surface area (Å²) in [6.07, 6.45) is 1.85. The molecule has 0 saturated heterocycles. The maximum Gasteiger partial charge on any atom is 0.224 e. The molecule has 1 aliphatic rings. The molecule has 3 rings (SSSR count). The van der Waals surface area contributed by atoms with Crippen LogP contribution < -0.4 is 4.90 Å². The van der Waals surface area contributed by atoms with Gasteiger partial charge in [0.1, 0.15) is 11.5 Å². The number of Topliss-reactive ketones (excluding diaryl/α,β-unsaturated/α-hetero) is 1. The number of carbonyl (C=O) groups excluding carboxylic acids is 2. The van der Waals surface area contributed by atoms with Crippen LogP contribution in [0, 0.1) is 6.92 Å². The monoisotopic (exact) mass is 325 g/mol. The Morgan fingerprint density at radius 1 is 1.21 bits per heavy atom. The number of nitrogens with zero attached hydrogens (tertiary/aromatic N) is 1. The highest BCUT2D eigenvalue weighted by molar-refractivity contribution is 5.96. The topological polar surface area (TPSA) is 50.5 Å². The van der Waals surface area contributed by atoms with Gasteiger partial charge in [0, 0.05) is 12.6 Å². The first-order chi connectivity index (χ1) is 11.5. The predicted octanol–water partition coefficient (Wildman–Crippen LogP) is 4.46. The van der Waals surface area contributed by atoms with Crippen LogP contribution in [0.2, 0.25) is 0 Å². The first kappa shape index (κ1) is 16.5. The molecule has 0 unspecified atom stereocenters. The number of ketones is 1. The molecule has 0 N–H and O–H groups in total. The van der Waals surface area contributed by atoms with Gasteiger partial charge in [-0.1, -0.05) is 31.5 Å². The van der Waals surface area contributed by atoms with Crippen molar-refractivity contribution in [1.29, 1.82) is 0 Å². The predicted molar refractivity (Wildman–Crippen MR) is 93.6 cm³/mol. The van der Waals surface area contributed by atoms with E-state index in [4.69, 9.17) is 4.42 Å². The SMILES string of the molecule is CCC[C@H]1[C@@H](c2cc(C(C)=O)c(C)o2)c2ccccc2N1C(C)=O. The molecule has 4 nitrogen and oxygen atoms in total. The van der Waals surface area contributed by atoms with Gasteiger partial charge in [-0.25, -0.2) is 0 Å². The lowest BCUT2D eigenvalue weighted by Crippen LogP contribution is -2.37. The summed E-state index contributed by atoms with van der Waals surface area (Å²) in [7, 11) is 0. The van der Waals surface area contributed by atoms with Crippen molar-refractivity contribution in [3.8, 4) is 0 Å². The van der Waals surface area contributed by atoms with Crippen LogP contribution in [0.1, 0.15) is 67.0 Å². The average Bonchev–Trinajstić information content (AvgIpc) is 3.05. The third-order valence-electron chi connectivity index (χ3n) is 4.79. The number of benzene rings is 1.